The number of allylic oxidation sites excluding steroid dienone is 1. The molecule has 0 spiro atoms. The molecule has 0 radical (unpaired) electrons. The van der Waals surface area contributed by atoms with E-state index in [1.54, 1.807) is 36.4 Å². The Morgan fingerprint density at radius 2 is 1.33 bits per heavy atom. The maximum Gasteiger partial charge on any atom is 0.262 e. The number of carbonyl (C=O) groups excluding carboxylic acids is 4. The molecular formula is C46H48ClN5O6. The lowest BCUT2D eigenvalue weighted by molar-refractivity contribution is -0.136. The number of carbonyl (C=O) groups is 4. The molecule has 11 nitrogen and oxygen atoms in total. The number of fused-ring (bicyclic) bond motifs is 1. The van der Waals surface area contributed by atoms with Crippen LogP contribution in [0.3, 0.4) is 0 Å². The number of phenolic OH excluding ortho intramolecular Hbond substituents is 2. The smallest absolute Gasteiger partial charge is 0.262 e. The van der Waals surface area contributed by atoms with E-state index >= 15 is 0 Å². The highest BCUT2D eigenvalue weighted by molar-refractivity contribution is 6.23. The lowest BCUT2D eigenvalue weighted by Crippen LogP contribution is -2.54. The first kappa shape index (κ1) is 39.2. The molecule has 4 amide bonds. The first-order valence-corrected chi connectivity index (χ1v) is 20.8. The number of imide groups is 2. The maximum absolute atomic E-state index is 13.4. The second-order valence-corrected chi connectivity index (χ2v) is 16.1. The minimum absolute atomic E-state index is 0.0913. The third-order valence-corrected chi connectivity index (χ3v) is 12.2. The van der Waals surface area contributed by atoms with Crippen molar-refractivity contribution in [1.82, 2.24) is 15.5 Å². The highest BCUT2D eigenvalue weighted by Gasteiger charge is 2.45. The van der Waals surface area contributed by atoms with E-state index < -0.39 is 29.7 Å². The molecule has 8 rings (SSSR count). The number of anilines is 2. The zero-order chi connectivity index (χ0) is 40.3. The van der Waals surface area contributed by atoms with Crippen LogP contribution in [0.25, 0.3) is 11.1 Å². The van der Waals surface area contributed by atoms with Gasteiger partial charge in [-0.15, -0.1) is 11.6 Å². The van der Waals surface area contributed by atoms with Crippen LogP contribution in [0.15, 0.2) is 91.0 Å². The van der Waals surface area contributed by atoms with Crippen LogP contribution in [0, 0.1) is 5.92 Å². The number of nitrogens with one attached hydrogen (secondary N) is 2. The van der Waals surface area contributed by atoms with Crippen LogP contribution < -0.4 is 20.4 Å². The van der Waals surface area contributed by atoms with Gasteiger partial charge in [0, 0.05) is 55.9 Å². The second kappa shape index (κ2) is 17.1. The van der Waals surface area contributed by atoms with Crippen LogP contribution in [-0.4, -0.2) is 89.4 Å². The van der Waals surface area contributed by atoms with Crippen molar-refractivity contribution in [2.45, 2.75) is 57.0 Å². The number of hydrogen-bond donors (Lipinski definition) is 4. The molecule has 0 aromatic heterocycles. The number of benzene rings is 4. The van der Waals surface area contributed by atoms with Gasteiger partial charge in [-0.25, -0.2) is 0 Å². The number of alkyl halides is 1. The molecule has 4 aromatic rings. The molecule has 0 aliphatic carbocycles. The third kappa shape index (κ3) is 8.19. The Hall–Kier alpha value is -5.65. The van der Waals surface area contributed by atoms with Gasteiger partial charge in [0.05, 0.1) is 11.1 Å². The highest BCUT2D eigenvalue weighted by Crippen LogP contribution is 2.37. The third-order valence-electron chi connectivity index (χ3n) is 12.1. The van der Waals surface area contributed by atoms with Crippen molar-refractivity contribution >= 4 is 57.8 Å². The van der Waals surface area contributed by atoms with E-state index in [0.717, 1.165) is 96.8 Å². The Morgan fingerprint density at radius 1 is 0.707 bits per heavy atom. The van der Waals surface area contributed by atoms with Gasteiger partial charge >= 0.3 is 0 Å². The summed E-state index contributed by atoms with van der Waals surface area (Å²) in [6.07, 6.45) is 5.08. The Bertz CT molecular complexity index is 2220. The minimum Gasteiger partial charge on any atom is -0.508 e. The van der Waals surface area contributed by atoms with E-state index in [0.29, 0.717) is 35.4 Å². The molecule has 3 fully saturated rings. The van der Waals surface area contributed by atoms with E-state index in [1.807, 2.05) is 30.3 Å². The van der Waals surface area contributed by atoms with Gasteiger partial charge in [0.25, 0.3) is 11.8 Å². The molecule has 4 aromatic carbocycles. The molecule has 4 aliphatic rings. The second-order valence-electron chi connectivity index (χ2n) is 15.7. The topological polar surface area (TPSA) is 143 Å². The number of hydrogen-bond acceptors (Lipinski definition) is 9. The summed E-state index contributed by atoms with van der Waals surface area (Å²) in [4.78, 5) is 56.5. The zero-order valence-corrected chi connectivity index (χ0v) is 33.1. The van der Waals surface area contributed by atoms with Crippen LogP contribution in [0.4, 0.5) is 11.4 Å². The Morgan fingerprint density at radius 3 is 1.98 bits per heavy atom. The van der Waals surface area contributed by atoms with Gasteiger partial charge in [0.2, 0.25) is 11.8 Å². The molecule has 4 N–H and O–H groups in total. The van der Waals surface area contributed by atoms with Crippen LogP contribution in [0.1, 0.15) is 82.4 Å². The van der Waals surface area contributed by atoms with E-state index in [1.165, 1.54) is 5.69 Å². The van der Waals surface area contributed by atoms with Crippen molar-refractivity contribution in [2.75, 3.05) is 48.4 Å². The number of halogens is 1. The van der Waals surface area contributed by atoms with Crippen molar-refractivity contribution in [3.63, 3.8) is 0 Å². The Balaban J connectivity index is 0.876. The quantitative estimate of drug-likeness (QED) is 0.0754. The Labute approximate surface area is 343 Å². The van der Waals surface area contributed by atoms with Gasteiger partial charge in [0.15, 0.2) is 0 Å². The molecule has 58 heavy (non-hydrogen) atoms. The van der Waals surface area contributed by atoms with E-state index in [4.69, 9.17) is 11.6 Å². The zero-order valence-electron chi connectivity index (χ0n) is 32.3. The van der Waals surface area contributed by atoms with Crippen LogP contribution in [-0.2, 0) is 9.59 Å². The van der Waals surface area contributed by atoms with Crippen molar-refractivity contribution in [1.29, 1.82) is 0 Å². The van der Waals surface area contributed by atoms with Gasteiger partial charge in [-0.1, -0.05) is 36.4 Å². The van der Waals surface area contributed by atoms with Crippen LogP contribution in [0.2, 0.25) is 0 Å². The summed E-state index contributed by atoms with van der Waals surface area (Å²) in [7, 11) is 0. The number of nitrogens with zero attached hydrogens (tertiary/aromatic N) is 3. The number of piperidine rings is 3. The van der Waals surface area contributed by atoms with Gasteiger partial charge in [0.1, 0.15) is 17.5 Å². The summed E-state index contributed by atoms with van der Waals surface area (Å²) < 4.78 is 0. The summed E-state index contributed by atoms with van der Waals surface area (Å²) in [6, 6.07) is 27.9. The number of aromatic hydroxyl groups is 2. The molecule has 0 bridgehead atoms. The van der Waals surface area contributed by atoms with Crippen LogP contribution >= 0.6 is 11.6 Å². The van der Waals surface area contributed by atoms with E-state index in [9.17, 15) is 29.4 Å². The molecule has 1 unspecified atom stereocenters. The van der Waals surface area contributed by atoms with Crippen molar-refractivity contribution in [3.8, 4) is 11.5 Å². The summed E-state index contributed by atoms with van der Waals surface area (Å²) in [5.74, 6) is -0.561. The predicted molar refractivity (Wildman–Crippen MR) is 225 cm³/mol. The SMILES string of the molecule is O=C1CCC(N2C(=O)c3ccc(N4CCC[C@H](NCC5CCN(c6ccc(C(=C(CCCl)c7ccc(O)cc7)c7ccc(O)cc7)cc6)CC5)C4)cc3C2=O)C(=O)N1. The number of rotatable bonds is 11. The molecule has 4 aliphatic heterocycles. The molecular weight excluding hydrogens is 754 g/mol. The lowest BCUT2D eigenvalue weighted by Gasteiger charge is -2.37. The summed E-state index contributed by atoms with van der Waals surface area (Å²) in [6.45, 7) is 4.51. The molecule has 4 heterocycles. The minimum atomic E-state index is -0.976. The molecule has 0 saturated carbocycles. The largest absolute Gasteiger partial charge is 0.508 e. The Kier molecular flexibility index (Phi) is 11.5. The molecule has 2 atom stereocenters. The fourth-order valence-electron chi connectivity index (χ4n) is 8.92. The van der Waals surface area contributed by atoms with Gasteiger partial charge in [-0.05, 0) is 133 Å². The van der Waals surface area contributed by atoms with Crippen LogP contribution in [0.5, 0.6) is 11.5 Å². The van der Waals surface area contributed by atoms with Crippen molar-refractivity contribution in [2.24, 2.45) is 5.92 Å². The van der Waals surface area contributed by atoms with Gasteiger partial charge in [-0.3, -0.25) is 29.4 Å². The van der Waals surface area contributed by atoms with Gasteiger partial charge in [-0.2, -0.15) is 0 Å². The predicted octanol–water partition coefficient (Wildman–Crippen LogP) is 6.56. The summed E-state index contributed by atoms with van der Waals surface area (Å²) in [5.41, 5.74) is 7.80. The lowest BCUT2D eigenvalue weighted by atomic mass is 9.88. The average molecular weight is 802 g/mol. The normalized spacial score (nSPS) is 20.6. The van der Waals surface area contributed by atoms with Crippen molar-refractivity contribution in [3.05, 3.63) is 119 Å². The van der Waals surface area contributed by atoms with Crippen molar-refractivity contribution < 1.29 is 29.4 Å². The van der Waals surface area contributed by atoms with E-state index in [2.05, 4.69) is 44.7 Å². The number of phenols is 2. The van der Waals surface area contributed by atoms with Gasteiger partial charge < -0.3 is 25.3 Å². The molecule has 12 heteroatoms. The first-order valence-electron chi connectivity index (χ1n) is 20.2. The van der Waals surface area contributed by atoms with E-state index in [-0.39, 0.29) is 24.3 Å². The fourth-order valence-corrected chi connectivity index (χ4v) is 9.10. The maximum atomic E-state index is 13.4. The highest BCUT2D eigenvalue weighted by atomic mass is 35.5. The monoisotopic (exact) mass is 801 g/mol. The fraction of sp³-hybridized carbons (Fsp3) is 0.348. The first-order chi connectivity index (χ1) is 28.2. The average Bonchev–Trinajstić information content (AvgIpc) is 3.49. The summed E-state index contributed by atoms with van der Waals surface area (Å²) in [5, 5.41) is 26.1. The standard InChI is InChI=1S/C46H48ClN5O6/c47-22-19-38(30-5-12-36(53)13-6-30)43(32-7-14-37(54)15-8-32)31-3-9-34(10-4-31)50-24-20-29(21-25-50)27-48-33-2-1-23-51(28-33)35-11-16-39-40(26-35)46(58)52(45(39)57)41-17-18-42(55)49-44(41)56/h3-16,26,29,33,41,48,53-54H,1-2,17-25,27-28H2,(H,49,55,56)/t33-,41?/m0/s1. The molecule has 300 valence electrons. The molecule has 3 saturated heterocycles. The number of amides is 4. The summed E-state index contributed by atoms with van der Waals surface area (Å²) >= 11 is 6.34.